The number of benzene rings is 2. The number of hydrogen-bond acceptors (Lipinski definition) is 4. The van der Waals surface area contributed by atoms with Gasteiger partial charge < -0.3 is 14.4 Å². The highest BCUT2D eigenvalue weighted by Crippen LogP contribution is 2.31. The number of ether oxygens (including phenoxy) is 1. The van der Waals surface area contributed by atoms with Gasteiger partial charge in [0.15, 0.2) is 0 Å². The Labute approximate surface area is 148 Å². The van der Waals surface area contributed by atoms with E-state index in [0.717, 1.165) is 33.4 Å². The fourth-order valence-electron chi connectivity index (χ4n) is 2.90. The number of imidazole rings is 1. The summed E-state index contributed by atoms with van der Waals surface area (Å²) < 4.78 is 20.5. The molecule has 6 nitrogen and oxygen atoms in total. The lowest BCUT2D eigenvalue weighted by Gasteiger charge is -2.07. The van der Waals surface area contributed by atoms with Crippen LogP contribution in [0, 0.1) is 5.82 Å². The summed E-state index contributed by atoms with van der Waals surface area (Å²) in [5, 5.41) is 16.0. The number of aromatic nitrogens is 4. The van der Waals surface area contributed by atoms with Crippen molar-refractivity contribution in [2.24, 2.45) is 0 Å². The highest BCUT2D eigenvalue weighted by molar-refractivity contribution is 5.87. The van der Waals surface area contributed by atoms with E-state index in [-0.39, 0.29) is 19.0 Å². The Hall–Kier alpha value is -3.03. The first kappa shape index (κ1) is 16.4. The van der Waals surface area contributed by atoms with Gasteiger partial charge in [-0.2, -0.15) is 5.10 Å². The van der Waals surface area contributed by atoms with Gasteiger partial charge in [-0.05, 0) is 42.0 Å². The number of nitrogens with zero attached hydrogens (tertiary/aromatic N) is 3. The lowest BCUT2D eigenvalue weighted by molar-refractivity contribution is 0.0501. The van der Waals surface area contributed by atoms with Crippen LogP contribution in [0.15, 0.2) is 55.0 Å². The number of aliphatic hydroxyl groups excluding tert-OH is 1. The molecule has 132 valence electrons. The molecule has 0 spiro atoms. The fraction of sp³-hybridized carbons (Fsp3) is 0.158. The molecule has 0 aliphatic carbocycles. The van der Waals surface area contributed by atoms with Gasteiger partial charge >= 0.3 is 0 Å². The molecule has 0 saturated heterocycles. The molecule has 7 heteroatoms. The average Bonchev–Trinajstić information content (AvgIpc) is 3.29. The topological polar surface area (TPSA) is 76.0 Å². The molecule has 0 aliphatic rings. The minimum Gasteiger partial charge on any atom is -0.394 e. The van der Waals surface area contributed by atoms with E-state index in [9.17, 15) is 4.39 Å². The molecule has 0 radical (unpaired) electrons. The van der Waals surface area contributed by atoms with Crippen molar-refractivity contribution in [3.63, 3.8) is 0 Å². The highest BCUT2D eigenvalue weighted by atomic mass is 19.1. The SMILES string of the molecule is OCCOCn1cnc2ccc(-c3cn[nH]c3-c3ccc(F)cc3)cc21. The van der Waals surface area contributed by atoms with Gasteiger partial charge in [0.05, 0.1) is 42.5 Å². The quantitative estimate of drug-likeness (QED) is 0.523. The van der Waals surface area contributed by atoms with E-state index in [1.165, 1.54) is 12.1 Å². The first-order chi connectivity index (χ1) is 12.8. The second-order valence-electron chi connectivity index (χ2n) is 5.84. The van der Waals surface area contributed by atoms with Gasteiger partial charge in [0, 0.05) is 11.1 Å². The van der Waals surface area contributed by atoms with Crippen LogP contribution >= 0.6 is 0 Å². The standard InChI is InChI=1S/C19H17FN4O2/c20-15-4-1-13(2-5-15)19-16(10-22-23-19)14-3-6-17-18(9-14)24(11-21-17)12-26-8-7-25/h1-6,9-11,25H,7-8,12H2,(H,22,23). The molecule has 0 aliphatic heterocycles. The summed E-state index contributed by atoms with van der Waals surface area (Å²) in [5.74, 6) is -0.275. The number of hydrogen-bond donors (Lipinski definition) is 2. The van der Waals surface area contributed by atoms with E-state index in [4.69, 9.17) is 9.84 Å². The summed E-state index contributed by atoms with van der Waals surface area (Å²) in [4.78, 5) is 4.37. The summed E-state index contributed by atoms with van der Waals surface area (Å²) in [7, 11) is 0. The monoisotopic (exact) mass is 352 g/mol. The molecule has 0 amide bonds. The Morgan fingerprint density at radius 2 is 1.92 bits per heavy atom. The minimum atomic E-state index is -0.275. The van der Waals surface area contributed by atoms with Crippen molar-refractivity contribution < 1.29 is 14.2 Å². The van der Waals surface area contributed by atoms with Gasteiger partial charge in [0.2, 0.25) is 0 Å². The number of aliphatic hydroxyl groups is 1. The molecule has 0 saturated carbocycles. The van der Waals surface area contributed by atoms with Crippen molar-refractivity contribution in [2.45, 2.75) is 6.73 Å². The van der Waals surface area contributed by atoms with Crippen LogP contribution in [-0.4, -0.2) is 38.1 Å². The van der Waals surface area contributed by atoms with Crippen molar-refractivity contribution in [1.29, 1.82) is 0 Å². The van der Waals surface area contributed by atoms with E-state index < -0.39 is 0 Å². The largest absolute Gasteiger partial charge is 0.394 e. The summed E-state index contributed by atoms with van der Waals surface area (Å²) in [5.41, 5.74) is 5.35. The van der Waals surface area contributed by atoms with Crippen molar-refractivity contribution in [2.75, 3.05) is 13.2 Å². The summed E-state index contributed by atoms with van der Waals surface area (Å²) in [6.07, 6.45) is 3.46. The van der Waals surface area contributed by atoms with Gasteiger partial charge in [-0.1, -0.05) is 6.07 Å². The molecule has 4 aromatic rings. The lowest BCUT2D eigenvalue weighted by atomic mass is 10.0. The zero-order valence-electron chi connectivity index (χ0n) is 13.9. The van der Waals surface area contributed by atoms with Crippen LogP contribution in [0.5, 0.6) is 0 Å². The van der Waals surface area contributed by atoms with Crippen LogP contribution in [0.3, 0.4) is 0 Å². The molecule has 0 fully saturated rings. The summed E-state index contributed by atoms with van der Waals surface area (Å²) in [6.45, 7) is 0.570. The van der Waals surface area contributed by atoms with Gasteiger partial charge in [0.1, 0.15) is 12.5 Å². The van der Waals surface area contributed by atoms with Crippen LogP contribution < -0.4 is 0 Å². The molecule has 2 N–H and O–H groups in total. The van der Waals surface area contributed by atoms with Crippen molar-refractivity contribution in [3.05, 3.63) is 60.8 Å². The van der Waals surface area contributed by atoms with E-state index in [2.05, 4.69) is 15.2 Å². The maximum atomic E-state index is 13.2. The van der Waals surface area contributed by atoms with Gasteiger partial charge in [-0.3, -0.25) is 5.10 Å². The molecular formula is C19H17FN4O2. The summed E-state index contributed by atoms with van der Waals surface area (Å²) >= 11 is 0. The molecule has 2 heterocycles. The Morgan fingerprint density at radius 3 is 2.73 bits per heavy atom. The first-order valence-corrected chi connectivity index (χ1v) is 8.19. The molecule has 2 aromatic heterocycles. The number of nitrogens with one attached hydrogen (secondary N) is 1. The van der Waals surface area contributed by atoms with Crippen molar-refractivity contribution in [1.82, 2.24) is 19.7 Å². The molecule has 0 unspecified atom stereocenters. The zero-order chi connectivity index (χ0) is 17.9. The number of aromatic amines is 1. The maximum absolute atomic E-state index is 13.2. The van der Waals surface area contributed by atoms with Gasteiger partial charge in [-0.25, -0.2) is 9.37 Å². The Morgan fingerprint density at radius 1 is 1.12 bits per heavy atom. The predicted octanol–water partition coefficient (Wildman–Crippen LogP) is 3.20. The fourth-order valence-corrected chi connectivity index (χ4v) is 2.90. The highest BCUT2D eigenvalue weighted by Gasteiger charge is 2.12. The zero-order valence-corrected chi connectivity index (χ0v) is 13.9. The minimum absolute atomic E-state index is 0.0199. The van der Waals surface area contributed by atoms with Crippen molar-refractivity contribution >= 4 is 11.0 Å². The third kappa shape index (κ3) is 3.10. The number of rotatable bonds is 6. The second kappa shape index (κ2) is 7.07. The van der Waals surface area contributed by atoms with Crippen LogP contribution in [-0.2, 0) is 11.5 Å². The third-order valence-electron chi connectivity index (χ3n) is 4.17. The number of fused-ring (bicyclic) bond motifs is 1. The second-order valence-corrected chi connectivity index (χ2v) is 5.84. The van der Waals surface area contributed by atoms with Crippen molar-refractivity contribution in [3.8, 4) is 22.4 Å². The molecule has 0 bridgehead atoms. The molecule has 2 aromatic carbocycles. The first-order valence-electron chi connectivity index (χ1n) is 8.19. The van der Waals surface area contributed by atoms with E-state index in [1.807, 2.05) is 22.8 Å². The van der Waals surface area contributed by atoms with Crippen LogP contribution in [0.2, 0.25) is 0 Å². The smallest absolute Gasteiger partial charge is 0.124 e. The third-order valence-corrected chi connectivity index (χ3v) is 4.17. The normalized spacial score (nSPS) is 11.3. The molecule has 26 heavy (non-hydrogen) atoms. The van der Waals surface area contributed by atoms with Crippen LogP contribution in [0.25, 0.3) is 33.4 Å². The van der Waals surface area contributed by atoms with E-state index >= 15 is 0 Å². The maximum Gasteiger partial charge on any atom is 0.124 e. The van der Waals surface area contributed by atoms with Crippen LogP contribution in [0.1, 0.15) is 0 Å². The molecular weight excluding hydrogens is 335 g/mol. The van der Waals surface area contributed by atoms with Crippen LogP contribution in [0.4, 0.5) is 4.39 Å². The van der Waals surface area contributed by atoms with E-state index in [1.54, 1.807) is 24.7 Å². The van der Waals surface area contributed by atoms with Gasteiger partial charge in [-0.15, -0.1) is 0 Å². The Balaban J connectivity index is 1.72. The Bertz CT molecular complexity index is 1020. The lowest BCUT2D eigenvalue weighted by Crippen LogP contribution is -2.04. The average molecular weight is 352 g/mol. The Kier molecular flexibility index (Phi) is 4.47. The van der Waals surface area contributed by atoms with Gasteiger partial charge in [0.25, 0.3) is 0 Å². The number of halogens is 1. The predicted molar refractivity (Wildman–Crippen MR) is 95.7 cm³/mol. The number of H-pyrrole nitrogens is 1. The van der Waals surface area contributed by atoms with E-state index in [0.29, 0.717) is 6.73 Å². The summed E-state index contributed by atoms with van der Waals surface area (Å²) in [6, 6.07) is 12.2. The molecule has 0 atom stereocenters. The molecule has 4 rings (SSSR count).